The number of aliphatic hydroxyl groups is 1. The summed E-state index contributed by atoms with van der Waals surface area (Å²) >= 11 is 0. The van der Waals surface area contributed by atoms with E-state index >= 15 is 0 Å². The highest BCUT2D eigenvalue weighted by molar-refractivity contribution is 6.00. The number of aromatic nitrogens is 1. The van der Waals surface area contributed by atoms with Gasteiger partial charge >= 0.3 is 5.97 Å². The van der Waals surface area contributed by atoms with Crippen molar-refractivity contribution in [3.63, 3.8) is 0 Å². The van der Waals surface area contributed by atoms with Gasteiger partial charge in [0.1, 0.15) is 48.3 Å². The number of primary amides is 4. The van der Waals surface area contributed by atoms with E-state index in [4.69, 9.17) is 28.7 Å². The second kappa shape index (κ2) is 33.2. The molecular weight excluding hydrogens is 1080 g/mol. The maximum absolute atomic E-state index is 14.3. The topological polar surface area (TPSA) is 534 Å². The number of fused-ring (bicyclic) bond motifs is 1. The molecule has 0 saturated heterocycles. The maximum atomic E-state index is 14.3. The molecule has 0 bridgehead atoms. The SMILES string of the molecule is CC(C)C[C@H](NC(=O)CNC(=O)[C@H](Cc1ccccc1)NC(=O)[C@H](CC(N)=O)NC(=O)CN)C(=O)N[C@@H](CO)C(=O)N[C@@H](Cc1c[nH]c2ccccc12)C(=O)N[C@@H](CC(N)=O)C(=O)N[C@@H](CCC(N)=O)C(=O)N[C@@H](CCC(N)=O)C(=O)O. The van der Waals surface area contributed by atoms with Crippen LogP contribution in [0.15, 0.2) is 60.8 Å². The van der Waals surface area contributed by atoms with Gasteiger partial charge in [-0.2, -0.15) is 0 Å². The van der Waals surface area contributed by atoms with Gasteiger partial charge < -0.3 is 91.7 Å². The van der Waals surface area contributed by atoms with Gasteiger partial charge in [0.05, 0.1) is 32.5 Å². The summed E-state index contributed by atoms with van der Waals surface area (Å²) in [5.74, 6) is -15.2. The van der Waals surface area contributed by atoms with Crippen LogP contribution in [0.4, 0.5) is 0 Å². The Labute approximate surface area is 468 Å². The number of amides is 13. The van der Waals surface area contributed by atoms with Crippen LogP contribution in [0, 0.1) is 5.92 Å². The minimum atomic E-state index is -1.91. The number of rotatable bonds is 36. The lowest BCUT2D eigenvalue weighted by Gasteiger charge is -2.27. The van der Waals surface area contributed by atoms with E-state index in [2.05, 4.69) is 52.8 Å². The van der Waals surface area contributed by atoms with E-state index in [1.165, 1.54) is 6.20 Å². The molecule has 3 rings (SSSR count). The van der Waals surface area contributed by atoms with Gasteiger partial charge in [0.25, 0.3) is 0 Å². The molecule has 0 unspecified atom stereocenters. The Balaban J connectivity index is 1.87. The van der Waals surface area contributed by atoms with Crippen molar-refractivity contribution < 1.29 is 77.3 Å². The fourth-order valence-electron chi connectivity index (χ4n) is 8.03. The Bertz CT molecular complexity index is 2810. The summed E-state index contributed by atoms with van der Waals surface area (Å²) in [6, 6.07) is 1.92. The second-order valence-electron chi connectivity index (χ2n) is 19.3. The largest absolute Gasteiger partial charge is 0.480 e. The van der Waals surface area contributed by atoms with Crippen molar-refractivity contribution >= 4 is 93.7 Å². The van der Waals surface area contributed by atoms with Gasteiger partial charge in [-0.1, -0.05) is 62.4 Å². The number of para-hydroxylation sites is 1. The number of aromatic amines is 1. The van der Waals surface area contributed by atoms with Crippen molar-refractivity contribution in [3.05, 3.63) is 71.9 Å². The first-order chi connectivity index (χ1) is 38.7. The predicted octanol–water partition coefficient (Wildman–Crippen LogP) is -6.69. The third-order valence-electron chi connectivity index (χ3n) is 12.1. The second-order valence-corrected chi connectivity index (χ2v) is 19.3. The van der Waals surface area contributed by atoms with Crippen LogP contribution in [0.3, 0.4) is 0 Å². The monoisotopic (exact) mass is 1150 g/mol. The molecule has 0 radical (unpaired) electrons. The lowest BCUT2D eigenvalue weighted by Crippen LogP contribution is -2.61. The number of carbonyl (C=O) groups excluding carboxylic acids is 13. The normalized spacial score (nSPS) is 13.9. The Kier molecular flexibility index (Phi) is 27.0. The van der Waals surface area contributed by atoms with Gasteiger partial charge in [-0.15, -0.1) is 0 Å². The highest BCUT2D eigenvalue weighted by Gasteiger charge is 2.35. The number of aliphatic carboxylic acids is 1. The third-order valence-corrected chi connectivity index (χ3v) is 12.1. The molecule has 13 amide bonds. The van der Waals surface area contributed by atoms with E-state index in [-0.39, 0.29) is 25.2 Å². The van der Waals surface area contributed by atoms with Gasteiger partial charge in [-0.3, -0.25) is 62.3 Å². The maximum Gasteiger partial charge on any atom is 0.326 e. The molecule has 8 atom stereocenters. The quantitative estimate of drug-likeness (QED) is 0.0257. The minimum Gasteiger partial charge on any atom is -0.480 e. The van der Waals surface area contributed by atoms with Gasteiger partial charge in [0.15, 0.2) is 0 Å². The minimum absolute atomic E-state index is 0.0663. The summed E-state index contributed by atoms with van der Waals surface area (Å²) in [7, 11) is 0. The van der Waals surface area contributed by atoms with Gasteiger partial charge in [0, 0.05) is 42.8 Å². The molecule has 1 aromatic heterocycles. The van der Waals surface area contributed by atoms with Crippen LogP contribution in [-0.4, -0.2) is 166 Å². The highest BCUT2D eigenvalue weighted by Crippen LogP contribution is 2.20. The lowest BCUT2D eigenvalue weighted by atomic mass is 10.0. The molecule has 31 nitrogen and oxygen atoms in total. The number of nitrogens with two attached hydrogens (primary N) is 5. The Morgan fingerprint density at radius 3 is 1.50 bits per heavy atom. The molecule has 0 aliphatic carbocycles. The Morgan fingerprint density at radius 2 is 0.951 bits per heavy atom. The summed E-state index contributed by atoms with van der Waals surface area (Å²) < 4.78 is 0. The van der Waals surface area contributed by atoms with Gasteiger partial charge in [-0.05, 0) is 42.4 Å². The number of carboxylic acid groups (broad SMARTS) is 1. The summed E-state index contributed by atoms with van der Waals surface area (Å²) in [5.41, 5.74) is 28.1. The molecule has 1 heterocycles. The van der Waals surface area contributed by atoms with Crippen LogP contribution < -0.4 is 76.5 Å². The predicted molar refractivity (Wildman–Crippen MR) is 288 cm³/mol. The highest BCUT2D eigenvalue weighted by atomic mass is 16.4. The van der Waals surface area contributed by atoms with Crippen molar-refractivity contribution in [1.82, 2.24) is 52.8 Å². The van der Waals surface area contributed by atoms with Crippen LogP contribution in [0.25, 0.3) is 10.9 Å². The zero-order chi connectivity index (χ0) is 61.2. The number of nitrogens with one attached hydrogen (secondary N) is 10. The average Bonchev–Trinajstić information content (AvgIpc) is 3.97. The average molecular weight is 1150 g/mol. The first-order valence-corrected chi connectivity index (χ1v) is 25.7. The van der Waals surface area contributed by atoms with Crippen LogP contribution in [0.1, 0.15) is 69.9 Å². The summed E-state index contributed by atoms with van der Waals surface area (Å²) in [6.45, 7) is 0.998. The number of hydrogen-bond donors (Lipinski definition) is 17. The number of benzene rings is 2. The van der Waals surface area contributed by atoms with Crippen LogP contribution >= 0.6 is 0 Å². The number of aliphatic hydroxyl groups excluding tert-OH is 1. The molecule has 3 aromatic rings. The summed E-state index contributed by atoms with van der Waals surface area (Å²) in [6.07, 6.45) is -2.57. The zero-order valence-electron chi connectivity index (χ0n) is 45.0. The molecule has 22 N–H and O–H groups in total. The van der Waals surface area contributed by atoms with E-state index in [1.54, 1.807) is 68.4 Å². The first kappa shape index (κ1) is 66.8. The number of carboxylic acids is 1. The van der Waals surface area contributed by atoms with Crippen molar-refractivity contribution in [2.45, 2.75) is 120 Å². The van der Waals surface area contributed by atoms with Crippen LogP contribution in [0.2, 0.25) is 0 Å². The molecule has 82 heavy (non-hydrogen) atoms. The van der Waals surface area contributed by atoms with E-state index in [0.717, 1.165) is 0 Å². The first-order valence-electron chi connectivity index (χ1n) is 25.7. The Morgan fingerprint density at radius 1 is 0.500 bits per heavy atom. The third kappa shape index (κ3) is 23.1. The van der Waals surface area contributed by atoms with Gasteiger partial charge in [0.2, 0.25) is 76.8 Å². The van der Waals surface area contributed by atoms with Crippen molar-refractivity contribution in [1.29, 1.82) is 0 Å². The fraction of sp³-hybridized carbons (Fsp3) is 0.451. The Hall–Kier alpha value is -9.52. The number of hydrogen-bond acceptors (Lipinski definition) is 16. The summed E-state index contributed by atoms with van der Waals surface area (Å²) in [4.78, 5) is 184. The van der Waals surface area contributed by atoms with Crippen LogP contribution in [0.5, 0.6) is 0 Å². The molecular formula is C51H71N15O16. The molecule has 0 spiro atoms. The molecule has 0 saturated carbocycles. The molecule has 0 aliphatic rings. The van der Waals surface area contributed by atoms with Crippen molar-refractivity contribution in [3.8, 4) is 0 Å². The summed E-state index contributed by atoms with van der Waals surface area (Å²) in [5, 5.41) is 41.7. The molecule has 2 aromatic carbocycles. The standard InChI is InChI=1S/C51H71N15O16/c1-25(2)16-32(60-43(73)23-58-44(74)33(17-26-8-4-3-5-9-26)63-48(78)35(19-40(55)70)59-42(72)21-52)46(76)66-37(24-67)50(80)64-34(18-27-22-57-29-11-7-6-10-28(27)29)47(77)65-36(20-41(56)71)49(79)61-30(12-14-38(53)68)45(75)62-31(51(81)82)13-15-39(54)69/h3-11,22,25,30-37,57,67H,12-21,23-24,52H2,1-2H3,(H2,53,68)(H2,54,69)(H2,55,70)(H2,56,71)(H,58,74)(H,59,72)(H,60,73)(H,61,79)(H,62,75)(H,63,78)(H,64,80)(H,65,77)(H,66,76)(H,81,82)/t30-,31-,32-,33-,34-,35-,36-,37-/m0/s1. The van der Waals surface area contributed by atoms with Crippen molar-refractivity contribution in [2.75, 3.05) is 19.7 Å². The van der Waals surface area contributed by atoms with Crippen molar-refractivity contribution in [2.24, 2.45) is 34.6 Å². The van der Waals surface area contributed by atoms with E-state index in [9.17, 15) is 77.3 Å². The van der Waals surface area contributed by atoms with Crippen LogP contribution in [-0.2, 0) is 80.0 Å². The smallest absolute Gasteiger partial charge is 0.326 e. The van der Waals surface area contributed by atoms with E-state index < -0.39 is 189 Å². The van der Waals surface area contributed by atoms with Gasteiger partial charge in [-0.25, -0.2) is 4.79 Å². The van der Waals surface area contributed by atoms with E-state index in [1.807, 2.05) is 0 Å². The number of H-pyrrole nitrogens is 1. The lowest BCUT2D eigenvalue weighted by molar-refractivity contribution is -0.143. The molecule has 0 aliphatic heterocycles. The molecule has 0 fully saturated rings. The van der Waals surface area contributed by atoms with E-state index in [0.29, 0.717) is 22.0 Å². The fourth-order valence-corrected chi connectivity index (χ4v) is 8.03. The zero-order valence-corrected chi connectivity index (χ0v) is 45.0. The molecule has 446 valence electrons. The number of carbonyl (C=O) groups is 14. The molecule has 31 heteroatoms.